The number of amides is 1. The number of carboxylic acid groups (broad SMARTS) is 1. The van der Waals surface area contributed by atoms with Crippen LogP contribution in [-0.2, 0) is 19.8 Å². The smallest absolute Gasteiger partial charge is 0.307 e. The summed E-state index contributed by atoms with van der Waals surface area (Å²) in [6, 6.07) is -0.283. The molecule has 19 heavy (non-hydrogen) atoms. The van der Waals surface area contributed by atoms with Gasteiger partial charge in [-0.1, -0.05) is 6.42 Å². The van der Waals surface area contributed by atoms with Crippen LogP contribution in [0.5, 0.6) is 0 Å². The van der Waals surface area contributed by atoms with Crippen LogP contribution in [0.2, 0.25) is 0 Å². The zero-order valence-electron chi connectivity index (χ0n) is 10.3. The highest BCUT2D eigenvalue weighted by Crippen LogP contribution is 2.32. The van der Waals surface area contributed by atoms with E-state index in [2.05, 4.69) is 0 Å². The molecule has 6 nitrogen and oxygen atoms in total. The molecule has 0 spiro atoms. The number of nitrogens with zero attached hydrogens (tertiary/aromatic N) is 1. The summed E-state index contributed by atoms with van der Waals surface area (Å²) in [6.45, 7) is -0.158. The number of likely N-dealkylation sites (tertiary alicyclic amines) is 1. The van der Waals surface area contributed by atoms with Crippen LogP contribution in [0.15, 0.2) is 0 Å². The molecule has 1 N–H and O–H groups in total. The first-order chi connectivity index (χ1) is 8.79. The summed E-state index contributed by atoms with van der Waals surface area (Å²) in [5.41, 5.74) is 0. The number of hydrogen-bond acceptors (Lipinski definition) is 4. The number of carbonyl (C=O) groups is 2. The maximum atomic E-state index is 12.9. The first-order valence-corrected chi connectivity index (χ1v) is 7.69. The van der Waals surface area contributed by atoms with Crippen molar-refractivity contribution in [3.63, 3.8) is 0 Å². The van der Waals surface area contributed by atoms with Crippen molar-refractivity contribution < 1.29 is 27.0 Å². The molecule has 0 aromatic heterocycles. The average Bonchev–Trinajstić information content (AvgIpc) is 2.71. The van der Waals surface area contributed by atoms with Gasteiger partial charge in [-0.25, -0.2) is 0 Å². The van der Waals surface area contributed by atoms with Crippen molar-refractivity contribution >= 4 is 22.1 Å². The summed E-state index contributed by atoms with van der Waals surface area (Å²) in [5, 5.41) is 7.69. The van der Waals surface area contributed by atoms with E-state index in [0.29, 0.717) is 25.7 Å². The summed E-state index contributed by atoms with van der Waals surface area (Å²) >= 11 is 0. The van der Waals surface area contributed by atoms with Crippen LogP contribution in [-0.4, -0.2) is 48.1 Å². The van der Waals surface area contributed by atoms with Crippen molar-refractivity contribution in [2.45, 2.75) is 43.4 Å². The molecular formula is C11H16FNO5S. The average molecular weight is 293 g/mol. The molecule has 0 bridgehead atoms. The zero-order valence-corrected chi connectivity index (χ0v) is 11.1. The molecule has 0 radical (unpaired) electrons. The lowest BCUT2D eigenvalue weighted by atomic mass is 9.85. The van der Waals surface area contributed by atoms with E-state index in [1.54, 1.807) is 0 Å². The maximum absolute atomic E-state index is 12.9. The largest absolute Gasteiger partial charge is 0.481 e. The van der Waals surface area contributed by atoms with E-state index < -0.39 is 33.3 Å². The molecule has 3 unspecified atom stereocenters. The summed E-state index contributed by atoms with van der Waals surface area (Å²) in [4.78, 5) is 24.1. The number of carboxylic acids is 1. The van der Waals surface area contributed by atoms with Crippen LogP contribution in [0, 0.1) is 5.92 Å². The second-order valence-corrected chi connectivity index (χ2v) is 6.82. The molecule has 2 aliphatic rings. The van der Waals surface area contributed by atoms with Crippen LogP contribution < -0.4 is 0 Å². The van der Waals surface area contributed by atoms with Gasteiger partial charge in [0, 0.05) is 19.0 Å². The lowest BCUT2D eigenvalue weighted by molar-refractivity contribution is -0.144. The molecule has 3 atom stereocenters. The summed E-state index contributed by atoms with van der Waals surface area (Å²) in [7, 11) is -4.72. The number of hydrogen-bond donors (Lipinski definition) is 1. The van der Waals surface area contributed by atoms with E-state index >= 15 is 0 Å². The Labute approximate surface area is 110 Å². The van der Waals surface area contributed by atoms with E-state index in [-0.39, 0.29) is 19.0 Å². The molecule has 0 aromatic rings. The molecule has 8 heteroatoms. The van der Waals surface area contributed by atoms with Crippen molar-refractivity contribution in [3.05, 3.63) is 0 Å². The van der Waals surface area contributed by atoms with Crippen molar-refractivity contribution in [1.29, 1.82) is 0 Å². The van der Waals surface area contributed by atoms with Crippen LogP contribution in [0.3, 0.4) is 0 Å². The van der Waals surface area contributed by atoms with Crippen molar-refractivity contribution in [3.8, 4) is 0 Å². The summed E-state index contributed by atoms with van der Waals surface area (Å²) < 4.78 is 34.6. The topological polar surface area (TPSA) is 91.8 Å². The predicted octanol–water partition coefficient (Wildman–Crippen LogP) is 0.530. The summed E-state index contributed by atoms with van der Waals surface area (Å²) in [6.07, 6.45) is 1.87. The van der Waals surface area contributed by atoms with Gasteiger partial charge < -0.3 is 10.0 Å². The Morgan fingerprint density at radius 1 is 1.37 bits per heavy atom. The van der Waals surface area contributed by atoms with Crippen LogP contribution in [0.25, 0.3) is 0 Å². The van der Waals surface area contributed by atoms with E-state index in [0.717, 1.165) is 0 Å². The Bertz CT molecular complexity index is 491. The van der Waals surface area contributed by atoms with Crippen LogP contribution >= 0.6 is 0 Å². The Balaban J connectivity index is 2.06. The van der Waals surface area contributed by atoms with Gasteiger partial charge in [0.05, 0.1) is 5.92 Å². The van der Waals surface area contributed by atoms with Crippen molar-refractivity contribution in [1.82, 2.24) is 4.90 Å². The number of halogens is 1. The Hall–Kier alpha value is -1.18. The standard InChI is InChI=1S/C11H16FNO5S/c12-19(17,18)9-5-10(14)13(6-9)8-3-1-2-7(4-8)11(15)16/h7-9H,1-6H2,(H,15,16). The Kier molecular flexibility index (Phi) is 3.80. The highest BCUT2D eigenvalue weighted by molar-refractivity contribution is 7.87. The van der Waals surface area contributed by atoms with Gasteiger partial charge in [0.25, 0.3) is 0 Å². The highest BCUT2D eigenvalue weighted by atomic mass is 32.3. The quantitative estimate of drug-likeness (QED) is 0.766. The molecule has 0 aromatic carbocycles. The van der Waals surface area contributed by atoms with E-state index in [1.807, 2.05) is 0 Å². The normalized spacial score (nSPS) is 32.6. The monoisotopic (exact) mass is 293 g/mol. The molecule has 108 valence electrons. The van der Waals surface area contributed by atoms with Crippen LogP contribution in [0.1, 0.15) is 32.1 Å². The Morgan fingerprint density at radius 3 is 2.58 bits per heavy atom. The van der Waals surface area contributed by atoms with Gasteiger partial charge in [-0.2, -0.15) is 8.42 Å². The molecule has 1 aliphatic heterocycles. The predicted molar refractivity (Wildman–Crippen MR) is 63.5 cm³/mol. The van der Waals surface area contributed by atoms with Gasteiger partial charge in [0.2, 0.25) is 5.91 Å². The minimum absolute atomic E-state index is 0.158. The molecular weight excluding hydrogens is 277 g/mol. The molecule has 1 aliphatic carbocycles. The minimum Gasteiger partial charge on any atom is -0.481 e. The number of rotatable bonds is 3. The van der Waals surface area contributed by atoms with Crippen LogP contribution in [0.4, 0.5) is 3.89 Å². The van der Waals surface area contributed by atoms with Gasteiger partial charge in [-0.15, -0.1) is 3.89 Å². The third kappa shape index (κ3) is 3.05. The van der Waals surface area contributed by atoms with Crippen molar-refractivity contribution in [2.24, 2.45) is 5.92 Å². The van der Waals surface area contributed by atoms with Gasteiger partial charge in [-0.05, 0) is 19.3 Å². The molecule has 1 amide bonds. The van der Waals surface area contributed by atoms with Gasteiger partial charge in [0.15, 0.2) is 0 Å². The first kappa shape index (κ1) is 14.2. The zero-order chi connectivity index (χ0) is 14.2. The summed E-state index contributed by atoms with van der Waals surface area (Å²) in [5.74, 6) is -1.80. The molecule has 1 saturated carbocycles. The van der Waals surface area contributed by atoms with Gasteiger partial charge in [-0.3, -0.25) is 9.59 Å². The van der Waals surface area contributed by atoms with E-state index in [1.165, 1.54) is 4.90 Å². The first-order valence-electron chi connectivity index (χ1n) is 6.24. The van der Waals surface area contributed by atoms with Crippen molar-refractivity contribution in [2.75, 3.05) is 6.54 Å². The third-order valence-corrected chi connectivity index (χ3v) is 5.07. The third-order valence-electron chi connectivity index (χ3n) is 3.96. The van der Waals surface area contributed by atoms with E-state index in [9.17, 15) is 21.9 Å². The lowest BCUT2D eigenvalue weighted by Gasteiger charge is -2.33. The fourth-order valence-corrected chi connectivity index (χ4v) is 3.59. The molecule has 2 rings (SSSR count). The van der Waals surface area contributed by atoms with Gasteiger partial charge in [0.1, 0.15) is 5.25 Å². The second-order valence-electron chi connectivity index (χ2n) is 5.20. The molecule has 1 saturated heterocycles. The van der Waals surface area contributed by atoms with Gasteiger partial charge >= 0.3 is 16.2 Å². The second kappa shape index (κ2) is 5.07. The molecule has 1 heterocycles. The SMILES string of the molecule is O=C(O)C1CCCC(N2CC(S(=O)(=O)F)CC2=O)C1. The number of aliphatic carboxylic acids is 1. The minimum atomic E-state index is -4.72. The lowest BCUT2D eigenvalue weighted by Crippen LogP contribution is -2.41. The maximum Gasteiger partial charge on any atom is 0.307 e. The fraction of sp³-hybridized carbons (Fsp3) is 0.818. The Morgan fingerprint density at radius 2 is 2.05 bits per heavy atom. The highest BCUT2D eigenvalue weighted by Gasteiger charge is 2.42. The fourth-order valence-electron chi connectivity index (χ4n) is 2.91. The molecule has 2 fully saturated rings. The number of carbonyl (C=O) groups excluding carboxylic acids is 1. The van der Waals surface area contributed by atoms with E-state index in [4.69, 9.17) is 5.11 Å².